The van der Waals surface area contributed by atoms with E-state index in [-0.39, 0.29) is 29.5 Å². The molecule has 0 spiro atoms. The molecule has 0 aromatic heterocycles. The number of nitrogens with one attached hydrogen (secondary N) is 1. The van der Waals surface area contributed by atoms with Gasteiger partial charge in [-0.05, 0) is 0 Å². The topological polar surface area (TPSA) is 69.7 Å². The van der Waals surface area contributed by atoms with Crippen molar-refractivity contribution < 1.29 is 13.2 Å². The van der Waals surface area contributed by atoms with Crippen LogP contribution in [0.4, 0.5) is 0 Å². The average molecular weight is 261 g/mol. The van der Waals surface area contributed by atoms with Gasteiger partial charge in [0.15, 0.2) is 9.84 Å². The van der Waals surface area contributed by atoms with Crippen LogP contribution in [0.15, 0.2) is 0 Å². The molecule has 6 nitrogen and oxygen atoms in total. The van der Waals surface area contributed by atoms with Gasteiger partial charge in [0.25, 0.3) is 0 Å². The largest absolute Gasteiger partial charge is 0.348 e. The molecule has 0 aromatic rings. The second kappa shape index (κ2) is 4.55. The molecule has 1 N–H and O–H groups in total. The van der Waals surface area contributed by atoms with Crippen molar-refractivity contribution in [3.8, 4) is 0 Å². The van der Waals surface area contributed by atoms with Gasteiger partial charge in [-0.3, -0.25) is 9.69 Å². The summed E-state index contributed by atoms with van der Waals surface area (Å²) in [6.07, 6.45) is 0. The summed E-state index contributed by atoms with van der Waals surface area (Å²) in [5, 5.41) is 3.22. The fourth-order valence-corrected chi connectivity index (χ4v) is 4.44. The lowest BCUT2D eigenvalue weighted by molar-refractivity contribution is -0.130. The number of hydrogen-bond acceptors (Lipinski definition) is 5. The van der Waals surface area contributed by atoms with Gasteiger partial charge in [-0.15, -0.1) is 0 Å². The van der Waals surface area contributed by atoms with Crippen molar-refractivity contribution in [3.63, 3.8) is 0 Å². The van der Waals surface area contributed by atoms with Crippen LogP contribution in [-0.2, 0) is 14.6 Å². The van der Waals surface area contributed by atoms with E-state index in [1.165, 1.54) is 0 Å². The Morgan fingerprint density at radius 3 is 2.76 bits per heavy atom. The van der Waals surface area contributed by atoms with Crippen LogP contribution < -0.4 is 5.32 Å². The van der Waals surface area contributed by atoms with E-state index >= 15 is 0 Å². The summed E-state index contributed by atoms with van der Waals surface area (Å²) in [6, 6.07) is -0.0543. The molecule has 17 heavy (non-hydrogen) atoms. The minimum Gasteiger partial charge on any atom is -0.348 e. The van der Waals surface area contributed by atoms with Crippen LogP contribution in [0.5, 0.6) is 0 Å². The molecule has 0 saturated carbocycles. The smallest absolute Gasteiger partial charge is 0.236 e. The molecule has 98 valence electrons. The zero-order chi connectivity index (χ0) is 12.6. The summed E-state index contributed by atoms with van der Waals surface area (Å²) in [5.41, 5.74) is 0. The van der Waals surface area contributed by atoms with E-state index in [0.29, 0.717) is 6.54 Å². The minimum absolute atomic E-state index is 0.0105. The van der Waals surface area contributed by atoms with Gasteiger partial charge in [0, 0.05) is 39.3 Å². The fraction of sp³-hybridized carbons (Fsp3) is 0.900. The Morgan fingerprint density at radius 2 is 2.12 bits per heavy atom. The number of carbonyl (C=O) groups excluding carboxylic acids is 1. The summed E-state index contributed by atoms with van der Waals surface area (Å²) in [6.45, 7) is 1.79. The monoisotopic (exact) mass is 261 g/mol. The Hall–Kier alpha value is -0.660. The maximum Gasteiger partial charge on any atom is 0.236 e. The van der Waals surface area contributed by atoms with Crippen molar-refractivity contribution >= 4 is 15.7 Å². The van der Waals surface area contributed by atoms with Crippen molar-refractivity contribution in [1.29, 1.82) is 0 Å². The summed E-state index contributed by atoms with van der Waals surface area (Å²) < 4.78 is 23.2. The van der Waals surface area contributed by atoms with Gasteiger partial charge in [0.1, 0.15) is 0 Å². The molecule has 1 amide bonds. The Kier molecular flexibility index (Phi) is 3.42. The van der Waals surface area contributed by atoms with E-state index < -0.39 is 9.84 Å². The number of likely N-dealkylation sites (N-methyl/N-ethyl adjacent to an activating group) is 1. The molecular formula is C10H19N3O3S. The van der Waals surface area contributed by atoms with Crippen LogP contribution in [0.2, 0.25) is 0 Å². The summed E-state index contributed by atoms with van der Waals surface area (Å²) >= 11 is 0. The first-order chi connectivity index (χ1) is 7.89. The molecule has 2 fully saturated rings. The number of sulfone groups is 1. The van der Waals surface area contributed by atoms with Crippen LogP contribution in [0.3, 0.4) is 0 Å². The number of hydrogen-bond donors (Lipinski definition) is 1. The van der Waals surface area contributed by atoms with E-state index in [4.69, 9.17) is 0 Å². The highest BCUT2D eigenvalue weighted by molar-refractivity contribution is 7.91. The maximum absolute atomic E-state index is 11.7. The van der Waals surface area contributed by atoms with Gasteiger partial charge >= 0.3 is 0 Å². The minimum atomic E-state index is -2.95. The molecule has 0 unspecified atom stereocenters. The third-order valence-corrected chi connectivity index (χ3v) is 5.15. The third-order valence-electron chi connectivity index (χ3n) is 3.43. The Morgan fingerprint density at radius 1 is 1.41 bits per heavy atom. The van der Waals surface area contributed by atoms with E-state index in [9.17, 15) is 13.2 Å². The molecule has 2 saturated heterocycles. The molecule has 7 heteroatoms. The lowest BCUT2D eigenvalue weighted by Gasteiger charge is -2.37. The lowest BCUT2D eigenvalue weighted by Crippen LogP contribution is -2.59. The number of fused-ring (bicyclic) bond motifs is 1. The molecule has 2 heterocycles. The number of rotatable bonds is 2. The first kappa shape index (κ1) is 12.8. The van der Waals surface area contributed by atoms with Crippen molar-refractivity contribution in [2.75, 3.05) is 45.2 Å². The van der Waals surface area contributed by atoms with Crippen LogP contribution in [0, 0.1) is 0 Å². The van der Waals surface area contributed by atoms with Crippen molar-refractivity contribution in [1.82, 2.24) is 15.1 Å². The highest BCUT2D eigenvalue weighted by Gasteiger charge is 2.43. The highest BCUT2D eigenvalue weighted by atomic mass is 32.2. The lowest BCUT2D eigenvalue weighted by atomic mass is 10.1. The number of nitrogens with zero attached hydrogens (tertiary/aromatic N) is 2. The van der Waals surface area contributed by atoms with E-state index in [2.05, 4.69) is 5.32 Å². The highest BCUT2D eigenvalue weighted by Crippen LogP contribution is 2.20. The number of carbonyl (C=O) groups is 1. The zero-order valence-electron chi connectivity index (χ0n) is 10.2. The molecule has 0 bridgehead atoms. The van der Waals surface area contributed by atoms with Gasteiger partial charge in [-0.1, -0.05) is 0 Å². The van der Waals surface area contributed by atoms with E-state index in [1.807, 2.05) is 4.90 Å². The van der Waals surface area contributed by atoms with Gasteiger partial charge in [-0.2, -0.15) is 0 Å². The second-order valence-corrected chi connectivity index (χ2v) is 7.12. The average Bonchev–Trinajstić information content (AvgIpc) is 2.53. The fourth-order valence-electron chi connectivity index (χ4n) is 2.45. The van der Waals surface area contributed by atoms with Crippen molar-refractivity contribution in [2.45, 2.75) is 12.1 Å². The van der Waals surface area contributed by atoms with E-state index in [1.54, 1.807) is 19.0 Å². The quantitative estimate of drug-likeness (QED) is 0.632. The second-order valence-electron chi connectivity index (χ2n) is 4.96. The van der Waals surface area contributed by atoms with Crippen molar-refractivity contribution in [2.24, 2.45) is 0 Å². The first-order valence-electron chi connectivity index (χ1n) is 5.77. The molecule has 0 aromatic carbocycles. The van der Waals surface area contributed by atoms with Gasteiger partial charge < -0.3 is 10.2 Å². The Labute approximate surface area is 102 Å². The zero-order valence-corrected chi connectivity index (χ0v) is 11.0. The molecule has 2 rings (SSSR count). The van der Waals surface area contributed by atoms with Gasteiger partial charge in [-0.25, -0.2) is 8.42 Å². The number of amides is 1. The third kappa shape index (κ3) is 2.78. The predicted octanol–water partition coefficient (Wildman–Crippen LogP) is -1.85. The van der Waals surface area contributed by atoms with Crippen LogP contribution in [0.25, 0.3) is 0 Å². The van der Waals surface area contributed by atoms with Crippen LogP contribution >= 0.6 is 0 Å². The molecule has 2 aliphatic rings. The van der Waals surface area contributed by atoms with Gasteiger partial charge in [0.05, 0.1) is 18.1 Å². The SMILES string of the molecule is CN(C)C(=O)CN1CCN[C@H]2CS(=O)(=O)C[C@@H]21. The van der Waals surface area contributed by atoms with Crippen molar-refractivity contribution in [3.05, 3.63) is 0 Å². The first-order valence-corrected chi connectivity index (χ1v) is 7.59. The summed E-state index contributed by atoms with van der Waals surface area (Å²) in [7, 11) is 0.484. The molecule has 0 radical (unpaired) electrons. The molecule has 2 atom stereocenters. The molecule has 2 aliphatic heterocycles. The standard InChI is InChI=1S/C10H19N3O3S/c1-12(2)10(14)5-13-4-3-11-8-6-17(15,16)7-9(8)13/h8-9,11H,3-7H2,1-2H3/t8-,9-/m0/s1. The Balaban J connectivity index is 2.06. The number of piperazine rings is 1. The van der Waals surface area contributed by atoms with E-state index in [0.717, 1.165) is 13.1 Å². The normalized spacial score (nSPS) is 32.1. The molecule has 0 aliphatic carbocycles. The van der Waals surface area contributed by atoms with Crippen LogP contribution in [0.1, 0.15) is 0 Å². The summed E-state index contributed by atoms with van der Waals surface area (Å²) in [5.74, 6) is 0.394. The molecular weight excluding hydrogens is 242 g/mol. The summed E-state index contributed by atoms with van der Waals surface area (Å²) in [4.78, 5) is 15.2. The van der Waals surface area contributed by atoms with Crippen LogP contribution in [-0.4, -0.2) is 81.4 Å². The predicted molar refractivity (Wildman–Crippen MR) is 64.5 cm³/mol. The Bertz CT molecular complexity index is 407. The maximum atomic E-state index is 11.7. The van der Waals surface area contributed by atoms with Gasteiger partial charge in [0.2, 0.25) is 5.91 Å².